The van der Waals surface area contributed by atoms with Crippen LogP contribution in [-0.4, -0.2) is 19.1 Å². The molecule has 1 aromatic heterocycles. The van der Waals surface area contributed by atoms with Gasteiger partial charge in [0.25, 0.3) is 0 Å². The molecule has 0 bridgehead atoms. The molecule has 2 rings (SSSR count). The lowest BCUT2D eigenvalue weighted by atomic mass is 10.3. The minimum absolute atomic E-state index is 0.203. The second kappa shape index (κ2) is 6.81. The van der Waals surface area contributed by atoms with Gasteiger partial charge in [0.15, 0.2) is 0 Å². The van der Waals surface area contributed by atoms with Gasteiger partial charge in [0.05, 0.1) is 6.61 Å². The van der Waals surface area contributed by atoms with Crippen LogP contribution in [-0.2, 0) is 16.0 Å². The van der Waals surface area contributed by atoms with Crippen LogP contribution in [0, 0.1) is 0 Å². The average Bonchev–Trinajstić information content (AvgIpc) is 2.91. The standard InChI is InChI=1S/C14H15NO2S/c16-14(11-15-12-5-2-1-3-6-12)17-9-8-13-7-4-10-18-13/h1-7,10,15H,8-9,11H2. The Hall–Kier alpha value is -1.81. The first-order valence-corrected chi connectivity index (χ1v) is 6.69. The molecular weight excluding hydrogens is 246 g/mol. The third-order valence-corrected chi connectivity index (χ3v) is 3.34. The van der Waals surface area contributed by atoms with E-state index < -0.39 is 0 Å². The van der Waals surface area contributed by atoms with Crippen LogP contribution >= 0.6 is 11.3 Å². The SMILES string of the molecule is O=C(CNc1ccccc1)OCCc1cccs1. The molecule has 0 fully saturated rings. The van der Waals surface area contributed by atoms with Crippen LogP contribution in [0.3, 0.4) is 0 Å². The van der Waals surface area contributed by atoms with Crippen molar-refractivity contribution < 1.29 is 9.53 Å². The first-order valence-electron chi connectivity index (χ1n) is 5.81. The van der Waals surface area contributed by atoms with E-state index in [9.17, 15) is 4.79 Å². The molecule has 0 amide bonds. The Morgan fingerprint density at radius 2 is 2.00 bits per heavy atom. The normalized spacial score (nSPS) is 10.0. The number of ether oxygens (including phenoxy) is 1. The Morgan fingerprint density at radius 3 is 2.72 bits per heavy atom. The summed E-state index contributed by atoms with van der Waals surface area (Å²) in [6, 6.07) is 13.6. The minimum atomic E-state index is -0.226. The lowest BCUT2D eigenvalue weighted by molar-refractivity contribution is -0.141. The van der Waals surface area contributed by atoms with Crippen molar-refractivity contribution in [3.63, 3.8) is 0 Å². The zero-order valence-electron chi connectivity index (χ0n) is 9.96. The highest BCUT2D eigenvalue weighted by molar-refractivity contribution is 7.09. The zero-order valence-corrected chi connectivity index (χ0v) is 10.8. The molecule has 2 aromatic rings. The molecule has 0 aliphatic carbocycles. The fraction of sp³-hybridized carbons (Fsp3) is 0.214. The van der Waals surface area contributed by atoms with Crippen LogP contribution in [0.2, 0.25) is 0 Å². The van der Waals surface area contributed by atoms with E-state index in [2.05, 4.69) is 5.32 Å². The van der Waals surface area contributed by atoms with Gasteiger partial charge in [0.2, 0.25) is 0 Å². The number of carbonyl (C=O) groups is 1. The van der Waals surface area contributed by atoms with Crippen LogP contribution in [0.4, 0.5) is 5.69 Å². The molecule has 0 saturated heterocycles. The summed E-state index contributed by atoms with van der Waals surface area (Å²) in [6.45, 7) is 0.643. The Kier molecular flexibility index (Phi) is 4.78. The molecule has 0 spiro atoms. The Bertz CT molecular complexity index is 468. The highest BCUT2D eigenvalue weighted by atomic mass is 32.1. The molecule has 0 radical (unpaired) electrons. The lowest BCUT2D eigenvalue weighted by Gasteiger charge is -2.06. The summed E-state index contributed by atoms with van der Waals surface area (Å²) < 4.78 is 5.14. The third kappa shape index (κ3) is 4.22. The maximum absolute atomic E-state index is 11.5. The lowest BCUT2D eigenvalue weighted by Crippen LogP contribution is -2.17. The number of para-hydroxylation sites is 1. The van der Waals surface area contributed by atoms with Crippen molar-refractivity contribution in [2.24, 2.45) is 0 Å². The summed E-state index contributed by atoms with van der Waals surface area (Å²) in [7, 11) is 0. The van der Waals surface area contributed by atoms with Gasteiger partial charge in [-0.15, -0.1) is 11.3 Å². The predicted molar refractivity (Wildman–Crippen MR) is 73.9 cm³/mol. The molecule has 0 saturated carbocycles. The number of rotatable bonds is 6. The second-order valence-electron chi connectivity index (χ2n) is 3.77. The molecule has 1 N–H and O–H groups in total. The van der Waals surface area contributed by atoms with Crippen LogP contribution in [0.5, 0.6) is 0 Å². The van der Waals surface area contributed by atoms with E-state index in [1.165, 1.54) is 4.88 Å². The van der Waals surface area contributed by atoms with Gasteiger partial charge < -0.3 is 10.1 Å². The number of nitrogens with one attached hydrogen (secondary N) is 1. The number of esters is 1. The number of anilines is 1. The minimum Gasteiger partial charge on any atom is -0.464 e. The summed E-state index contributed by atoms with van der Waals surface area (Å²) in [5.74, 6) is -0.226. The highest BCUT2D eigenvalue weighted by Gasteiger charge is 2.02. The van der Waals surface area contributed by atoms with E-state index in [1.54, 1.807) is 11.3 Å². The van der Waals surface area contributed by atoms with Gasteiger partial charge in [0, 0.05) is 17.0 Å². The largest absolute Gasteiger partial charge is 0.464 e. The summed E-state index contributed by atoms with van der Waals surface area (Å²) in [5.41, 5.74) is 0.924. The van der Waals surface area contributed by atoms with Crippen molar-refractivity contribution >= 4 is 23.0 Å². The van der Waals surface area contributed by atoms with E-state index in [-0.39, 0.29) is 12.5 Å². The Labute approximate surface area is 110 Å². The van der Waals surface area contributed by atoms with Crippen molar-refractivity contribution in [2.45, 2.75) is 6.42 Å². The van der Waals surface area contributed by atoms with Crippen molar-refractivity contribution in [1.82, 2.24) is 0 Å². The quantitative estimate of drug-likeness (QED) is 0.812. The molecule has 94 valence electrons. The molecule has 0 atom stereocenters. The fourth-order valence-corrected chi connectivity index (χ4v) is 2.19. The molecule has 0 aliphatic rings. The van der Waals surface area contributed by atoms with Crippen molar-refractivity contribution in [2.75, 3.05) is 18.5 Å². The number of hydrogen-bond acceptors (Lipinski definition) is 4. The molecular formula is C14H15NO2S. The van der Waals surface area contributed by atoms with Crippen molar-refractivity contribution in [3.8, 4) is 0 Å². The van der Waals surface area contributed by atoms with Gasteiger partial charge in [-0.25, -0.2) is 0 Å². The highest BCUT2D eigenvalue weighted by Crippen LogP contribution is 2.09. The second-order valence-corrected chi connectivity index (χ2v) is 4.80. The molecule has 0 aliphatic heterocycles. The molecule has 3 nitrogen and oxygen atoms in total. The topological polar surface area (TPSA) is 38.3 Å². The van der Waals surface area contributed by atoms with Gasteiger partial charge in [-0.2, -0.15) is 0 Å². The van der Waals surface area contributed by atoms with E-state index in [0.29, 0.717) is 6.61 Å². The van der Waals surface area contributed by atoms with Gasteiger partial charge >= 0.3 is 5.97 Å². The van der Waals surface area contributed by atoms with Gasteiger partial charge in [-0.1, -0.05) is 24.3 Å². The number of benzene rings is 1. The average molecular weight is 261 g/mol. The first kappa shape index (κ1) is 12.6. The molecule has 4 heteroatoms. The predicted octanol–water partition coefficient (Wildman–Crippen LogP) is 2.95. The molecule has 1 heterocycles. The van der Waals surface area contributed by atoms with E-state index in [1.807, 2.05) is 47.8 Å². The van der Waals surface area contributed by atoms with Crippen LogP contribution in [0.1, 0.15) is 4.88 Å². The fourth-order valence-electron chi connectivity index (χ4n) is 1.50. The van der Waals surface area contributed by atoms with Crippen LogP contribution in [0.25, 0.3) is 0 Å². The molecule has 0 unspecified atom stereocenters. The first-order chi connectivity index (χ1) is 8.84. The van der Waals surface area contributed by atoms with Crippen LogP contribution in [0.15, 0.2) is 47.8 Å². The van der Waals surface area contributed by atoms with Crippen molar-refractivity contribution in [1.29, 1.82) is 0 Å². The van der Waals surface area contributed by atoms with Crippen LogP contribution < -0.4 is 5.32 Å². The summed E-state index contributed by atoms with van der Waals surface area (Å²) >= 11 is 1.68. The molecule has 1 aromatic carbocycles. The third-order valence-electron chi connectivity index (χ3n) is 2.40. The maximum atomic E-state index is 11.5. The summed E-state index contributed by atoms with van der Waals surface area (Å²) in [4.78, 5) is 12.7. The van der Waals surface area contributed by atoms with Gasteiger partial charge in [0.1, 0.15) is 6.54 Å². The number of carbonyl (C=O) groups excluding carboxylic acids is 1. The van der Waals surface area contributed by atoms with E-state index >= 15 is 0 Å². The van der Waals surface area contributed by atoms with E-state index in [4.69, 9.17) is 4.74 Å². The number of thiophene rings is 1. The zero-order chi connectivity index (χ0) is 12.6. The van der Waals surface area contributed by atoms with Crippen molar-refractivity contribution in [3.05, 3.63) is 52.7 Å². The number of hydrogen-bond donors (Lipinski definition) is 1. The summed E-state index contributed by atoms with van der Waals surface area (Å²) in [5, 5.41) is 5.04. The monoisotopic (exact) mass is 261 g/mol. The summed E-state index contributed by atoms with van der Waals surface area (Å²) in [6.07, 6.45) is 0.786. The van der Waals surface area contributed by atoms with Gasteiger partial charge in [-0.05, 0) is 23.6 Å². The van der Waals surface area contributed by atoms with Gasteiger partial charge in [-0.3, -0.25) is 4.79 Å². The maximum Gasteiger partial charge on any atom is 0.325 e. The smallest absolute Gasteiger partial charge is 0.325 e. The molecule has 18 heavy (non-hydrogen) atoms. The Morgan fingerprint density at radius 1 is 1.17 bits per heavy atom. The Balaban J connectivity index is 1.63. The van der Waals surface area contributed by atoms with E-state index in [0.717, 1.165) is 12.1 Å².